The summed E-state index contributed by atoms with van der Waals surface area (Å²) in [6.45, 7) is 5.55. The molecule has 0 bridgehead atoms. The van der Waals surface area contributed by atoms with Crippen LogP contribution in [0.15, 0.2) is 24.4 Å². The third-order valence-electron chi connectivity index (χ3n) is 4.50. The van der Waals surface area contributed by atoms with Crippen LogP contribution in [0.3, 0.4) is 0 Å². The molecule has 212 valence electrons. The first-order valence-corrected chi connectivity index (χ1v) is 15.1. The van der Waals surface area contributed by atoms with E-state index in [1.807, 2.05) is 0 Å². The molecule has 0 saturated carbocycles. The summed E-state index contributed by atoms with van der Waals surface area (Å²) < 4.78 is 128. The molecule has 0 unspecified atom stereocenters. The SMILES string of the molecule is CO[Si](CCCC[n+]1ccccc1CC(C)C)(OC)OC.O=S(=O)([N-]S(=O)(=O)C(F)(F)F)C(F)(F)F. The first-order chi connectivity index (χ1) is 16.3. The van der Waals surface area contributed by atoms with E-state index in [-0.39, 0.29) is 0 Å². The number of rotatable bonds is 12. The molecule has 9 nitrogen and oxygen atoms in total. The van der Waals surface area contributed by atoms with Crippen LogP contribution in [0.2, 0.25) is 6.04 Å². The van der Waals surface area contributed by atoms with Crippen molar-refractivity contribution < 1.29 is 61.0 Å². The molecule has 0 spiro atoms. The molecule has 18 heteroatoms. The van der Waals surface area contributed by atoms with Crippen LogP contribution in [0, 0.1) is 5.92 Å². The predicted molar refractivity (Wildman–Crippen MR) is 119 cm³/mol. The number of sulfonamides is 2. The van der Waals surface area contributed by atoms with Gasteiger partial charge in [-0.15, -0.1) is 0 Å². The van der Waals surface area contributed by atoms with Crippen LogP contribution >= 0.6 is 0 Å². The molecule has 36 heavy (non-hydrogen) atoms. The fraction of sp³-hybridized carbons (Fsp3) is 0.722. The first kappa shape index (κ1) is 34.7. The number of pyridine rings is 1. The zero-order valence-corrected chi connectivity index (χ0v) is 22.9. The Bertz CT molecular complexity index is 965. The van der Waals surface area contributed by atoms with E-state index in [0.717, 1.165) is 36.0 Å². The summed E-state index contributed by atoms with van der Waals surface area (Å²) in [6.07, 6.45) is 5.44. The zero-order valence-electron chi connectivity index (χ0n) is 20.3. The Morgan fingerprint density at radius 1 is 0.889 bits per heavy atom. The van der Waals surface area contributed by atoms with Gasteiger partial charge < -0.3 is 17.4 Å². The van der Waals surface area contributed by atoms with Crippen molar-refractivity contribution in [2.24, 2.45) is 5.92 Å². The normalized spacial score (nSPS) is 13.4. The van der Waals surface area contributed by atoms with Gasteiger partial charge in [0, 0.05) is 52.3 Å². The molecule has 0 saturated heterocycles. The summed E-state index contributed by atoms with van der Waals surface area (Å²) in [5, 5.41) is 0. The molecule has 1 heterocycles. The molecule has 1 aromatic rings. The van der Waals surface area contributed by atoms with Crippen molar-refractivity contribution in [1.29, 1.82) is 0 Å². The summed E-state index contributed by atoms with van der Waals surface area (Å²) in [7, 11) is -10.8. The molecule has 0 atom stereocenters. The maximum Gasteiger partial charge on any atom is 0.500 e. The monoisotopic (exact) mass is 592 g/mol. The minimum absolute atomic E-state index is 0.675. The maximum atomic E-state index is 11.4. The molecule has 0 fully saturated rings. The lowest BCUT2D eigenvalue weighted by atomic mass is 10.1. The number of alkyl halides is 6. The van der Waals surface area contributed by atoms with Crippen molar-refractivity contribution in [1.82, 2.24) is 0 Å². The number of aromatic nitrogens is 1. The van der Waals surface area contributed by atoms with Gasteiger partial charge in [-0.05, 0) is 12.3 Å². The van der Waals surface area contributed by atoms with Crippen LogP contribution in [0.4, 0.5) is 26.3 Å². The van der Waals surface area contributed by atoms with Gasteiger partial charge in [-0.3, -0.25) is 0 Å². The second-order valence-corrected chi connectivity index (χ2v) is 14.2. The first-order valence-electron chi connectivity index (χ1n) is 10.3. The number of nitrogens with zero attached hydrogens (tertiary/aromatic N) is 2. The highest BCUT2D eigenvalue weighted by Gasteiger charge is 2.47. The summed E-state index contributed by atoms with van der Waals surface area (Å²) >= 11 is 0. The molecular formula is C18H30F6N2O7S2Si. The van der Waals surface area contributed by atoms with Crippen LogP contribution in [-0.4, -0.2) is 58.0 Å². The molecule has 0 radical (unpaired) electrons. The molecule has 0 N–H and O–H groups in total. The van der Waals surface area contributed by atoms with E-state index in [0.29, 0.717) is 5.92 Å². The fourth-order valence-corrected chi connectivity index (χ4v) is 6.23. The molecule has 0 aliphatic heterocycles. The molecule has 0 amide bonds. The van der Waals surface area contributed by atoms with Gasteiger partial charge in [0.15, 0.2) is 31.9 Å². The van der Waals surface area contributed by atoms with Gasteiger partial charge >= 0.3 is 19.8 Å². The quantitative estimate of drug-likeness (QED) is 0.157. The molecular weight excluding hydrogens is 562 g/mol. The minimum Gasteiger partial charge on any atom is -0.421 e. The van der Waals surface area contributed by atoms with E-state index in [9.17, 15) is 43.2 Å². The van der Waals surface area contributed by atoms with Crippen molar-refractivity contribution in [3.05, 3.63) is 34.2 Å². The number of hydrogen-bond acceptors (Lipinski definition) is 7. The predicted octanol–water partition coefficient (Wildman–Crippen LogP) is 3.89. The van der Waals surface area contributed by atoms with Crippen molar-refractivity contribution in [2.45, 2.75) is 56.7 Å². The van der Waals surface area contributed by atoms with Crippen LogP contribution in [0.25, 0.3) is 4.13 Å². The lowest BCUT2D eigenvalue weighted by Gasteiger charge is -2.23. The Labute approximate surface area is 208 Å². The van der Waals surface area contributed by atoms with E-state index in [1.165, 1.54) is 5.69 Å². The standard InChI is InChI=1S/C16H30NO3Si.C2F6NO4S2/c1-15(2)14-16-10-6-7-11-17(16)12-8-9-13-21(18-3,19-4)20-5;3-1(4,5)14(10,11)9-15(12,13)2(6,7)8/h6-7,10-11,15H,8-9,12-14H2,1-5H3;/q+1;-1. The largest absolute Gasteiger partial charge is 0.500 e. The average Bonchev–Trinajstić information content (AvgIpc) is 2.73. The van der Waals surface area contributed by atoms with Gasteiger partial charge in [-0.25, -0.2) is 21.4 Å². The maximum absolute atomic E-state index is 11.4. The molecule has 0 aliphatic rings. The minimum atomic E-state index is -6.72. The lowest BCUT2D eigenvalue weighted by molar-refractivity contribution is -0.704. The second kappa shape index (κ2) is 14.0. The average molecular weight is 593 g/mol. The van der Waals surface area contributed by atoms with Crippen molar-refractivity contribution in [2.75, 3.05) is 21.3 Å². The smallest absolute Gasteiger partial charge is 0.421 e. The van der Waals surface area contributed by atoms with E-state index in [1.54, 1.807) is 21.3 Å². The third kappa shape index (κ3) is 11.0. The topological polar surface area (TPSA) is 114 Å². The Morgan fingerprint density at radius 3 is 1.75 bits per heavy atom. The highest BCUT2D eigenvalue weighted by atomic mass is 32.3. The van der Waals surface area contributed by atoms with E-state index in [4.69, 9.17) is 13.3 Å². The number of halogens is 6. The number of unbranched alkanes of at least 4 members (excludes halogenated alkanes) is 1. The second-order valence-electron chi connectivity index (χ2n) is 7.65. The van der Waals surface area contributed by atoms with Crippen LogP contribution < -0.4 is 4.57 Å². The van der Waals surface area contributed by atoms with E-state index >= 15 is 0 Å². The van der Waals surface area contributed by atoms with Crippen LogP contribution in [0.1, 0.15) is 32.4 Å². The van der Waals surface area contributed by atoms with Gasteiger partial charge in [-0.1, -0.05) is 19.9 Å². The summed E-state index contributed by atoms with van der Waals surface area (Å²) in [6, 6.07) is 7.30. The van der Waals surface area contributed by atoms with Crippen LogP contribution in [0.5, 0.6) is 0 Å². The summed E-state index contributed by atoms with van der Waals surface area (Å²) in [4.78, 5) is 0. The number of hydrogen-bond donors (Lipinski definition) is 0. The molecule has 0 aromatic carbocycles. The van der Waals surface area contributed by atoms with Gasteiger partial charge in [0.1, 0.15) is 6.54 Å². The van der Waals surface area contributed by atoms with Crippen molar-refractivity contribution in [3.8, 4) is 0 Å². The molecule has 0 aliphatic carbocycles. The lowest BCUT2D eigenvalue weighted by Crippen LogP contribution is -2.43. The summed E-state index contributed by atoms with van der Waals surface area (Å²) in [5.74, 6) is 0.675. The molecule has 1 rings (SSSR count). The Morgan fingerprint density at radius 2 is 1.36 bits per heavy atom. The fourth-order valence-electron chi connectivity index (χ4n) is 2.73. The van der Waals surface area contributed by atoms with Crippen LogP contribution in [-0.2, 0) is 46.3 Å². The Hall–Kier alpha value is -1.31. The highest BCUT2D eigenvalue weighted by Crippen LogP contribution is 2.36. The van der Waals surface area contributed by atoms with Crippen molar-refractivity contribution >= 4 is 28.9 Å². The van der Waals surface area contributed by atoms with Gasteiger partial charge in [-0.2, -0.15) is 26.3 Å². The summed E-state index contributed by atoms with van der Waals surface area (Å²) in [5.41, 5.74) is -11.0. The third-order valence-corrected chi connectivity index (χ3v) is 10.1. The van der Waals surface area contributed by atoms with Crippen molar-refractivity contribution in [3.63, 3.8) is 0 Å². The van der Waals surface area contributed by atoms with E-state index < -0.39 is 39.9 Å². The highest BCUT2D eigenvalue weighted by molar-refractivity contribution is 8.13. The van der Waals surface area contributed by atoms with Gasteiger partial charge in [0.2, 0.25) is 0 Å². The van der Waals surface area contributed by atoms with Gasteiger partial charge in [0.25, 0.3) is 0 Å². The Balaban J connectivity index is 0.000000723. The Kier molecular flexibility index (Phi) is 13.5. The molecule has 1 aromatic heterocycles. The number of aryl methyl sites for hydroxylation is 1. The van der Waals surface area contributed by atoms with Gasteiger partial charge in [0.05, 0.1) is 0 Å². The zero-order chi connectivity index (χ0) is 28.4. The van der Waals surface area contributed by atoms with E-state index in [2.05, 4.69) is 42.8 Å².